The van der Waals surface area contributed by atoms with E-state index in [0.717, 1.165) is 5.69 Å². The van der Waals surface area contributed by atoms with E-state index in [4.69, 9.17) is 4.42 Å². The maximum atomic E-state index is 5.50. The van der Waals surface area contributed by atoms with Gasteiger partial charge < -0.3 is 9.73 Å². The van der Waals surface area contributed by atoms with Crippen LogP contribution >= 0.6 is 0 Å². The Labute approximate surface area is 99.2 Å². The molecule has 0 unspecified atom stereocenters. The predicted molar refractivity (Wildman–Crippen MR) is 61.3 cm³/mol. The Morgan fingerprint density at radius 2 is 2.12 bits per heavy atom. The summed E-state index contributed by atoms with van der Waals surface area (Å²) in [6, 6.07) is 0.413. The zero-order valence-electron chi connectivity index (χ0n) is 10.4. The molecule has 1 N–H and O–H groups in total. The maximum absolute atomic E-state index is 5.50. The van der Waals surface area contributed by atoms with Gasteiger partial charge in [-0.25, -0.2) is 0 Å². The predicted octanol–water partition coefficient (Wildman–Crippen LogP) is 1.11. The van der Waals surface area contributed by atoms with Crippen molar-refractivity contribution in [1.82, 2.24) is 25.2 Å². The number of nitrogens with one attached hydrogen (secondary N) is 1. The zero-order valence-corrected chi connectivity index (χ0v) is 10.4. The van der Waals surface area contributed by atoms with Gasteiger partial charge >= 0.3 is 6.01 Å². The largest absolute Gasteiger partial charge is 0.408 e. The molecule has 2 rings (SSSR count). The smallest absolute Gasteiger partial charge is 0.315 e. The first-order valence-corrected chi connectivity index (χ1v) is 5.38. The Bertz CT molecular complexity index is 495. The van der Waals surface area contributed by atoms with Crippen molar-refractivity contribution in [2.75, 3.05) is 5.32 Å². The maximum Gasteiger partial charge on any atom is 0.315 e. The lowest BCUT2D eigenvalue weighted by molar-refractivity contribution is 0.399. The Balaban J connectivity index is 2.01. The summed E-state index contributed by atoms with van der Waals surface area (Å²) in [7, 11) is 1.83. The van der Waals surface area contributed by atoms with E-state index >= 15 is 0 Å². The minimum Gasteiger partial charge on any atom is -0.408 e. The standard InChI is InChI=1S/C10H16N6O/c1-10(2,3)8-13-14-9(17-8)11-5-7-6-12-15-16(7)4/h6H,5H2,1-4H3,(H,11,14). The molecular formula is C10H16N6O. The third-order valence-corrected chi connectivity index (χ3v) is 2.30. The van der Waals surface area contributed by atoms with Gasteiger partial charge in [0.2, 0.25) is 5.89 Å². The Morgan fingerprint density at radius 1 is 1.35 bits per heavy atom. The lowest BCUT2D eigenvalue weighted by Gasteiger charge is -2.10. The van der Waals surface area contributed by atoms with E-state index < -0.39 is 0 Å². The van der Waals surface area contributed by atoms with E-state index in [1.165, 1.54) is 0 Å². The van der Waals surface area contributed by atoms with Gasteiger partial charge in [-0.2, -0.15) is 0 Å². The first kappa shape index (κ1) is 11.6. The van der Waals surface area contributed by atoms with Crippen molar-refractivity contribution in [3.8, 4) is 0 Å². The van der Waals surface area contributed by atoms with E-state index in [1.807, 2.05) is 27.8 Å². The molecule has 0 saturated carbocycles. The summed E-state index contributed by atoms with van der Waals surface area (Å²) in [6.07, 6.45) is 1.69. The molecule has 0 bridgehead atoms. The SMILES string of the molecule is Cn1nncc1CNc1nnc(C(C)(C)C)o1. The fourth-order valence-electron chi connectivity index (χ4n) is 1.23. The Hall–Kier alpha value is -1.92. The molecule has 0 saturated heterocycles. The van der Waals surface area contributed by atoms with Crippen molar-refractivity contribution < 1.29 is 4.42 Å². The molecule has 17 heavy (non-hydrogen) atoms. The van der Waals surface area contributed by atoms with E-state index in [-0.39, 0.29) is 5.41 Å². The van der Waals surface area contributed by atoms with E-state index in [2.05, 4.69) is 25.8 Å². The molecule has 7 nitrogen and oxygen atoms in total. The van der Waals surface area contributed by atoms with Gasteiger partial charge in [-0.1, -0.05) is 31.1 Å². The minimum atomic E-state index is -0.138. The molecule has 0 fully saturated rings. The highest BCUT2D eigenvalue weighted by atomic mass is 16.4. The van der Waals surface area contributed by atoms with Crippen LogP contribution in [0.5, 0.6) is 0 Å². The topological polar surface area (TPSA) is 81.7 Å². The van der Waals surface area contributed by atoms with Crippen molar-refractivity contribution >= 4 is 6.01 Å². The Morgan fingerprint density at radius 3 is 2.65 bits per heavy atom. The van der Waals surface area contributed by atoms with E-state index in [0.29, 0.717) is 18.5 Å². The summed E-state index contributed by atoms with van der Waals surface area (Å²) >= 11 is 0. The highest BCUT2D eigenvalue weighted by molar-refractivity contribution is 5.19. The van der Waals surface area contributed by atoms with E-state index in [9.17, 15) is 0 Å². The number of aromatic nitrogens is 5. The van der Waals surface area contributed by atoms with Crippen LogP contribution in [0.3, 0.4) is 0 Å². The summed E-state index contributed by atoms with van der Waals surface area (Å²) < 4.78 is 7.19. The van der Waals surface area contributed by atoms with Gasteiger partial charge in [0.25, 0.3) is 0 Å². The molecule has 0 amide bonds. The highest BCUT2D eigenvalue weighted by Crippen LogP contribution is 2.21. The molecule has 0 radical (unpaired) electrons. The molecule has 2 aromatic rings. The van der Waals surface area contributed by atoms with Crippen LogP contribution in [-0.4, -0.2) is 25.2 Å². The normalized spacial score (nSPS) is 11.8. The summed E-state index contributed by atoms with van der Waals surface area (Å²) in [6.45, 7) is 6.62. The van der Waals surface area contributed by atoms with Crippen molar-refractivity contribution in [2.24, 2.45) is 7.05 Å². The van der Waals surface area contributed by atoms with Gasteiger partial charge in [0.05, 0.1) is 18.4 Å². The van der Waals surface area contributed by atoms with Gasteiger partial charge in [0.1, 0.15) is 0 Å². The van der Waals surface area contributed by atoms with Crippen LogP contribution in [-0.2, 0) is 19.0 Å². The van der Waals surface area contributed by atoms with Crippen LogP contribution in [0.4, 0.5) is 6.01 Å². The van der Waals surface area contributed by atoms with Crippen LogP contribution in [0.1, 0.15) is 32.4 Å². The molecule has 0 aliphatic carbocycles. The van der Waals surface area contributed by atoms with Crippen molar-refractivity contribution in [3.63, 3.8) is 0 Å². The number of hydrogen-bond donors (Lipinski definition) is 1. The van der Waals surface area contributed by atoms with Gasteiger partial charge in [-0.05, 0) is 0 Å². The zero-order chi connectivity index (χ0) is 12.5. The molecule has 0 aliphatic heterocycles. The van der Waals surface area contributed by atoms with Gasteiger partial charge in [0.15, 0.2) is 0 Å². The monoisotopic (exact) mass is 236 g/mol. The van der Waals surface area contributed by atoms with Crippen LogP contribution in [0.25, 0.3) is 0 Å². The molecule has 0 spiro atoms. The Kier molecular flexibility index (Phi) is 2.83. The fraction of sp³-hybridized carbons (Fsp3) is 0.600. The second-order valence-electron chi connectivity index (χ2n) is 4.86. The molecule has 0 aromatic carbocycles. The summed E-state index contributed by atoms with van der Waals surface area (Å²) in [4.78, 5) is 0. The number of aryl methyl sites for hydroxylation is 1. The highest BCUT2D eigenvalue weighted by Gasteiger charge is 2.21. The molecule has 0 aliphatic rings. The lowest BCUT2D eigenvalue weighted by Crippen LogP contribution is -2.11. The molecule has 2 aromatic heterocycles. The second-order valence-corrected chi connectivity index (χ2v) is 4.86. The number of rotatable bonds is 3. The average molecular weight is 236 g/mol. The quantitative estimate of drug-likeness (QED) is 0.859. The molecule has 2 heterocycles. The van der Waals surface area contributed by atoms with Gasteiger partial charge in [-0.3, -0.25) is 4.68 Å². The lowest BCUT2D eigenvalue weighted by atomic mass is 9.97. The summed E-state index contributed by atoms with van der Waals surface area (Å²) in [5.41, 5.74) is 0.807. The minimum absolute atomic E-state index is 0.138. The molecule has 92 valence electrons. The van der Waals surface area contributed by atoms with Crippen molar-refractivity contribution in [2.45, 2.75) is 32.7 Å². The van der Waals surface area contributed by atoms with Gasteiger partial charge in [-0.15, -0.1) is 10.2 Å². The van der Waals surface area contributed by atoms with Crippen LogP contribution in [0.15, 0.2) is 10.6 Å². The van der Waals surface area contributed by atoms with Crippen molar-refractivity contribution in [3.05, 3.63) is 17.8 Å². The second kappa shape index (κ2) is 4.15. The number of hydrogen-bond acceptors (Lipinski definition) is 6. The van der Waals surface area contributed by atoms with E-state index in [1.54, 1.807) is 10.9 Å². The average Bonchev–Trinajstić information content (AvgIpc) is 2.82. The van der Waals surface area contributed by atoms with Crippen LogP contribution < -0.4 is 5.32 Å². The fourth-order valence-corrected chi connectivity index (χ4v) is 1.23. The third-order valence-electron chi connectivity index (χ3n) is 2.30. The van der Waals surface area contributed by atoms with Crippen molar-refractivity contribution in [1.29, 1.82) is 0 Å². The summed E-state index contributed by atoms with van der Waals surface area (Å²) in [5.74, 6) is 0.614. The first-order chi connectivity index (χ1) is 7.97. The number of nitrogens with zero attached hydrogens (tertiary/aromatic N) is 5. The first-order valence-electron chi connectivity index (χ1n) is 5.38. The van der Waals surface area contributed by atoms with Crippen LogP contribution in [0.2, 0.25) is 0 Å². The molecule has 0 atom stereocenters. The van der Waals surface area contributed by atoms with Crippen LogP contribution in [0, 0.1) is 0 Å². The number of anilines is 1. The molecular weight excluding hydrogens is 220 g/mol. The molecule has 7 heteroatoms. The van der Waals surface area contributed by atoms with Gasteiger partial charge in [0, 0.05) is 12.5 Å². The third kappa shape index (κ3) is 2.61. The summed E-state index contributed by atoms with van der Waals surface area (Å²) in [5, 5.41) is 18.6.